The number of nitrogens with zero attached hydrogens (tertiary/aromatic N) is 2. The highest BCUT2D eigenvalue weighted by Crippen LogP contribution is 2.18. The number of carbonyl (C=O) groups is 1. The highest BCUT2D eigenvalue weighted by atomic mass is 127. The molecular weight excluding hydrogens is 417 g/mol. The molecule has 1 amide bonds. The molecule has 6 nitrogen and oxygen atoms in total. The van der Waals surface area contributed by atoms with Crippen molar-refractivity contribution in [3.63, 3.8) is 0 Å². The molecular formula is C17H34IN5O. The highest BCUT2D eigenvalue weighted by molar-refractivity contribution is 14.0. The van der Waals surface area contributed by atoms with Gasteiger partial charge in [-0.3, -0.25) is 9.79 Å². The van der Waals surface area contributed by atoms with E-state index in [1.54, 1.807) is 0 Å². The Morgan fingerprint density at radius 2 is 1.92 bits per heavy atom. The van der Waals surface area contributed by atoms with E-state index in [2.05, 4.69) is 32.8 Å². The number of carbonyl (C=O) groups excluding carboxylic acids is 1. The van der Waals surface area contributed by atoms with Crippen LogP contribution in [0.2, 0.25) is 0 Å². The van der Waals surface area contributed by atoms with Gasteiger partial charge in [0, 0.05) is 38.6 Å². The molecule has 7 heteroatoms. The van der Waals surface area contributed by atoms with Crippen LogP contribution in [0.5, 0.6) is 0 Å². The molecule has 0 atom stereocenters. The Labute approximate surface area is 163 Å². The van der Waals surface area contributed by atoms with E-state index in [0.717, 1.165) is 44.9 Å². The van der Waals surface area contributed by atoms with Gasteiger partial charge in [-0.25, -0.2) is 0 Å². The van der Waals surface area contributed by atoms with E-state index in [0.29, 0.717) is 19.0 Å². The van der Waals surface area contributed by atoms with Gasteiger partial charge in [0.15, 0.2) is 5.96 Å². The maximum absolute atomic E-state index is 11.6. The fraction of sp³-hybridized carbons (Fsp3) is 0.882. The van der Waals surface area contributed by atoms with Gasteiger partial charge >= 0.3 is 0 Å². The van der Waals surface area contributed by atoms with Gasteiger partial charge in [-0.05, 0) is 52.1 Å². The summed E-state index contributed by atoms with van der Waals surface area (Å²) in [7, 11) is 0. The third-order valence-corrected chi connectivity index (χ3v) is 4.29. The summed E-state index contributed by atoms with van der Waals surface area (Å²) in [6.07, 6.45) is 7.72. The van der Waals surface area contributed by atoms with Crippen molar-refractivity contribution in [2.24, 2.45) is 4.99 Å². The van der Waals surface area contributed by atoms with Crippen molar-refractivity contribution in [3.8, 4) is 0 Å². The van der Waals surface area contributed by atoms with Gasteiger partial charge in [-0.2, -0.15) is 0 Å². The largest absolute Gasteiger partial charge is 0.357 e. The highest BCUT2D eigenvalue weighted by Gasteiger charge is 2.22. The average Bonchev–Trinajstić information content (AvgIpc) is 3.36. The third-order valence-electron chi connectivity index (χ3n) is 4.29. The molecule has 2 rings (SSSR count). The summed E-state index contributed by atoms with van der Waals surface area (Å²) in [5.41, 5.74) is 0. The normalized spacial score (nSPS) is 18.6. The number of guanidine groups is 1. The van der Waals surface area contributed by atoms with Crippen LogP contribution >= 0.6 is 24.0 Å². The maximum atomic E-state index is 11.6. The van der Waals surface area contributed by atoms with Gasteiger partial charge < -0.3 is 20.9 Å². The van der Waals surface area contributed by atoms with Crippen molar-refractivity contribution in [2.75, 3.05) is 39.3 Å². The van der Waals surface area contributed by atoms with Gasteiger partial charge in [0.25, 0.3) is 0 Å². The molecule has 24 heavy (non-hydrogen) atoms. The Bertz CT molecular complexity index is 381. The summed E-state index contributed by atoms with van der Waals surface area (Å²) >= 11 is 0. The molecule has 0 aromatic carbocycles. The number of piperidine rings is 1. The molecule has 0 aromatic heterocycles. The molecule has 0 unspecified atom stereocenters. The van der Waals surface area contributed by atoms with Crippen molar-refractivity contribution >= 4 is 35.8 Å². The number of aliphatic imine (C=N–C) groups is 1. The number of hydrogen-bond acceptors (Lipinski definition) is 3. The number of rotatable bonds is 9. The summed E-state index contributed by atoms with van der Waals surface area (Å²) in [6, 6.07) is 0.458. The Hall–Kier alpha value is -0.570. The van der Waals surface area contributed by atoms with Crippen LogP contribution in [0.15, 0.2) is 4.99 Å². The van der Waals surface area contributed by atoms with Crippen molar-refractivity contribution < 1.29 is 4.79 Å². The Morgan fingerprint density at radius 3 is 2.58 bits per heavy atom. The first-order valence-corrected chi connectivity index (χ1v) is 9.32. The standard InChI is InChI=1S/C17H33N5O.HI/c1-2-18-17(20-11-14-22-12-4-3-5-13-22)19-10-6-7-16(23)21-15-8-9-15;/h15H,2-14H2,1H3,(H,21,23)(H2,18,19,20);1H. The fourth-order valence-corrected chi connectivity index (χ4v) is 2.82. The number of halogens is 1. The number of nitrogens with one attached hydrogen (secondary N) is 3. The van der Waals surface area contributed by atoms with E-state index in [1.807, 2.05) is 0 Å². The van der Waals surface area contributed by atoms with Crippen molar-refractivity contribution in [1.82, 2.24) is 20.9 Å². The molecule has 1 saturated carbocycles. The van der Waals surface area contributed by atoms with Crippen LogP contribution < -0.4 is 16.0 Å². The molecule has 0 radical (unpaired) electrons. The van der Waals surface area contributed by atoms with E-state index in [4.69, 9.17) is 0 Å². The van der Waals surface area contributed by atoms with Crippen LogP contribution in [0.3, 0.4) is 0 Å². The van der Waals surface area contributed by atoms with Gasteiger partial charge in [-0.15, -0.1) is 24.0 Å². The lowest BCUT2D eigenvalue weighted by atomic mass is 10.1. The molecule has 1 aliphatic carbocycles. The molecule has 0 spiro atoms. The van der Waals surface area contributed by atoms with Crippen LogP contribution in [0, 0.1) is 0 Å². The van der Waals surface area contributed by atoms with Crippen LogP contribution in [-0.2, 0) is 4.79 Å². The zero-order chi connectivity index (χ0) is 16.3. The summed E-state index contributed by atoms with van der Waals surface area (Å²) in [5, 5.41) is 9.68. The molecule has 1 heterocycles. The minimum Gasteiger partial charge on any atom is -0.357 e. The van der Waals surface area contributed by atoms with Crippen LogP contribution in [0.25, 0.3) is 0 Å². The van der Waals surface area contributed by atoms with E-state index in [1.165, 1.54) is 32.4 Å². The summed E-state index contributed by atoms with van der Waals surface area (Å²) in [6.45, 7) is 8.08. The van der Waals surface area contributed by atoms with Gasteiger partial charge in [0.2, 0.25) is 5.91 Å². The first-order chi connectivity index (χ1) is 11.3. The lowest BCUT2D eigenvalue weighted by molar-refractivity contribution is -0.121. The molecule has 140 valence electrons. The van der Waals surface area contributed by atoms with E-state index in [-0.39, 0.29) is 29.9 Å². The quantitative estimate of drug-likeness (QED) is 0.216. The Kier molecular flexibility index (Phi) is 11.4. The van der Waals surface area contributed by atoms with Gasteiger partial charge in [0.05, 0.1) is 0 Å². The molecule has 1 aliphatic heterocycles. The first kappa shape index (κ1) is 21.5. The summed E-state index contributed by atoms with van der Waals surface area (Å²) in [5.74, 6) is 1.04. The maximum Gasteiger partial charge on any atom is 0.220 e. The predicted molar refractivity (Wildman–Crippen MR) is 110 cm³/mol. The lowest BCUT2D eigenvalue weighted by Crippen LogP contribution is -2.42. The minimum absolute atomic E-state index is 0. The van der Waals surface area contributed by atoms with Crippen molar-refractivity contribution in [2.45, 2.75) is 57.9 Å². The molecule has 2 fully saturated rings. The fourth-order valence-electron chi connectivity index (χ4n) is 2.82. The number of hydrogen-bond donors (Lipinski definition) is 3. The number of likely N-dealkylation sites (tertiary alicyclic amines) is 1. The van der Waals surface area contributed by atoms with E-state index in [9.17, 15) is 4.79 Å². The second kappa shape index (κ2) is 12.7. The predicted octanol–water partition coefficient (Wildman–Crippen LogP) is 1.70. The third kappa shape index (κ3) is 9.66. The van der Waals surface area contributed by atoms with Crippen molar-refractivity contribution in [3.05, 3.63) is 0 Å². The average molecular weight is 451 g/mol. The van der Waals surface area contributed by atoms with Crippen LogP contribution in [-0.4, -0.2) is 62.1 Å². The molecule has 2 aliphatic rings. The smallest absolute Gasteiger partial charge is 0.220 e. The first-order valence-electron chi connectivity index (χ1n) is 9.32. The van der Waals surface area contributed by atoms with E-state index < -0.39 is 0 Å². The molecule has 0 aromatic rings. The monoisotopic (exact) mass is 451 g/mol. The van der Waals surface area contributed by atoms with Crippen molar-refractivity contribution in [1.29, 1.82) is 0 Å². The molecule has 0 bridgehead atoms. The zero-order valence-electron chi connectivity index (χ0n) is 15.0. The number of amides is 1. The second-order valence-electron chi connectivity index (χ2n) is 6.54. The van der Waals surface area contributed by atoms with Crippen LogP contribution in [0.4, 0.5) is 0 Å². The lowest BCUT2D eigenvalue weighted by Gasteiger charge is -2.26. The van der Waals surface area contributed by atoms with Gasteiger partial charge in [-0.1, -0.05) is 6.42 Å². The van der Waals surface area contributed by atoms with Gasteiger partial charge in [0.1, 0.15) is 0 Å². The Morgan fingerprint density at radius 1 is 1.17 bits per heavy atom. The molecule has 1 saturated heterocycles. The topological polar surface area (TPSA) is 68.8 Å². The van der Waals surface area contributed by atoms with E-state index >= 15 is 0 Å². The summed E-state index contributed by atoms with van der Waals surface area (Å²) < 4.78 is 0. The van der Waals surface area contributed by atoms with Crippen LogP contribution in [0.1, 0.15) is 51.9 Å². The SMILES string of the molecule is CCNC(=NCCCC(=O)NC1CC1)NCCN1CCCCC1.I. The minimum atomic E-state index is 0. The summed E-state index contributed by atoms with van der Waals surface area (Å²) in [4.78, 5) is 18.7. The molecule has 3 N–H and O–H groups in total. The second-order valence-corrected chi connectivity index (χ2v) is 6.54. The Balaban J connectivity index is 0.00000288. The zero-order valence-corrected chi connectivity index (χ0v) is 17.3.